The molecular formula is C18H31N5OS. The van der Waals surface area contributed by atoms with E-state index in [0.717, 1.165) is 19.6 Å². The number of nitrogens with one attached hydrogen (secondary N) is 3. The molecule has 1 atom stereocenters. The van der Waals surface area contributed by atoms with E-state index in [9.17, 15) is 4.79 Å². The molecule has 1 saturated heterocycles. The van der Waals surface area contributed by atoms with E-state index in [1.807, 2.05) is 20.8 Å². The zero-order valence-corrected chi connectivity index (χ0v) is 16.6. The number of carbonyl (C=O) groups excluding carboxylic acids is 1. The predicted octanol–water partition coefficient (Wildman–Crippen LogP) is 1.96. The van der Waals surface area contributed by atoms with Gasteiger partial charge in [-0.25, -0.2) is 0 Å². The number of nitrogens with zero attached hydrogens (tertiary/aromatic N) is 2. The van der Waals surface area contributed by atoms with Gasteiger partial charge in [0.1, 0.15) is 0 Å². The average molecular weight is 366 g/mol. The van der Waals surface area contributed by atoms with Crippen molar-refractivity contribution in [2.75, 3.05) is 33.2 Å². The third kappa shape index (κ3) is 6.66. The van der Waals surface area contributed by atoms with Crippen molar-refractivity contribution in [1.82, 2.24) is 20.9 Å². The lowest BCUT2D eigenvalue weighted by molar-refractivity contribution is -0.121. The summed E-state index contributed by atoms with van der Waals surface area (Å²) < 4.78 is 0. The number of hydrogen-bond donors (Lipinski definition) is 3. The van der Waals surface area contributed by atoms with Gasteiger partial charge in [0.05, 0.1) is 12.6 Å². The number of amides is 1. The van der Waals surface area contributed by atoms with E-state index in [0.29, 0.717) is 12.0 Å². The highest BCUT2D eigenvalue weighted by atomic mass is 32.1. The molecule has 1 aromatic rings. The van der Waals surface area contributed by atoms with Crippen LogP contribution in [-0.2, 0) is 4.79 Å². The first-order valence-electron chi connectivity index (χ1n) is 8.92. The van der Waals surface area contributed by atoms with Gasteiger partial charge in [0.25, 0.3) is 0 Å². The summed E-state index contributed by atoms with van der Waals surface area (Å²) in [6, 6.07) is 4.65. The molecular weight excluding hydrogens is 334 g/mol. The summed E-state index contributed by atoms with van der Waals surface area (Å²) in [6.45, 7) is 9.19. The largest absolute Gasteiger partial charge is 0.354 e. The average Bonchev–Trinajstić information content (AvgIpc) is 3.22. The van der Waals surface area contributed by atoms with E-state index in [-0.39, 0.29) is 18.0 Å². The first kappa shape index (κ1) is 19.7. The summed E-state index contributed by atoms with van der Waals surface area (Å²) in [4.78, 5) is 20.1. The van der Waals surface area contributed by atoms with Crippen molar-refractivity contribution < 1.29 is 4.79 Å². The zero-order chi connectivity index (χ0) is 18.3. The topological polar surface area (TPSA) is 68.8 Å². The van der Waals surface area contributed by atoms with E-state index in [2.05, 4.69) is 43.4 Å². The smallest absolute Gasteiger partial charge is 0.239 e. The van der Waals surface area contributed by atoms with Crippen LogP contribution in [0.5, 0.6) is 0 Å². The molecule has 0 aliphatic carbocycles. The first-order valence-corrected chi connectivity index (χ1v) is 9.80. The van der Waals surface area contributed by atoms with E-state index in [4.69, 9.17) is 0 Å². The molecule has 1 fully saturated rings. The molecule has 1 aromatic heterocycles. The number of hydrogen-bond acceptors (Lipinski definition) is 4. The molecule has 6 nitrogen and oxygen atoms in total. The summed E-state index contributed by atoms with van der Waals surface area (Å²) in [6.07, 6.45) is 2.53. The Morgan fingerprint density at radius 3 is 2.60 bits per heavy atom. The van der Waals surface area contributed by atoms with Crippen LogP contribution in [0.25, 0.3) is 0 Å². The number of carbonyl (C=O) groups is 1. The van der Waals surface area contributed by atoms with E-state index in [1.165, 1.54) is 17.7 Å². The van der Waals surface area contributed by atoms with Gasteiger partial charge in [-0.15, -0.1) is 11.3 Å². The highest BCUT2D eigenvalue weighted by Gasteiger charge is 2.24. The van der Waals surface area contributed by atoms with E-state index >= 15 is 0 Å². The van der Waals surface area contributed by atoms with Crippen LogP contribution in [0, 0.1) is 0 Å². The summed E-state index contributed by atoms with van der Waals surface area (Å²) in [5.74, 6) is 0.620. The summed E-state index contributed by atoms with van der Waals surface area (Å²) >= 11 is 1.80. The van der Waals surface area contributed by atoms with E-state index < -0.39 is 0 Å². The Balaban J connectivity index is 1.86. The second-order valence-corrected chi connectivity index (χ2v) is 8.36. The molecule has 0 bridgehead atoms. The Labute approximate surface area is 155 Å². The summed E-state index contributed by atoms with van der Waals surface area (Å²) in [5, 5.41) is 11.5. The number of rotatable bonds is 6. The van der Waals surface area contributed by atoms with Gasteiger partial charge in [0.15, 0.2) is 5.96 Å². The predicted molar refractivity (Wildman–Crippen MR) is 105 cm³/mol. The maximum atomic E-state index is 12.0. The third-order valence-corrected chi connectivity index (χ3v) is 5.04. The SMILES string of the molecule is CN=C(NCC(=O)NC(C)(C)C)NCC(c1cccs1)N1CCCC1. The van der Waals surface area contributed by atoms with Gasteiger partial charge in [-0.1, -0.05) is 6.07 Å². The van der Waals surface area contributed by atoms with Gasteiger partial charge in [-0.3, -0.25) is 14.7 Å². The molecule has 7 heteroatoms. The minimum Gasteiger partial charge on any atom is -0.354 e. The van der Waals surface area contributed by atoms with Crippen LogP contribution in [0.15, 0.2) is 22.5 Å². The standard InChI is InChI=1S/C18H31N5OS/c1-18(2,3)22-16(24)13-21-17(19-4)20-12-14(15-8-7-11-25-15)23-9-5-6-10-23/h7-8,11,14H,5-6,9-10,12-13H2,1-4H3,(H,22,24)(H2,19,20,21). The molecule has 0 aromatic carbocycles. The van der Waals surface area contributed by atoms with Gasteiger partial charge >= 0.3 is 0 Å². The van der Waals surface area contributed by atoms with Crippen molar-refractivity contribution in [3.05, 3.63) is 22.4 Å². The monoisotopic (exact) mass is 365 g/mol. The van der Waals surface area contributed by atoms with Crippen LogP contribution in [0.4, 0.5) is 0 Å². The summed E-state index contributed by atoms with van der Waals surface area (Å²) in [5.41, 5.74) is -0.226. The van der Waals surface area contributed by atoms with Crippen molar-refractivity contribution in [1.29, 1.82) is 0 Å². The molecule has 1 unspecified atom stereocenters. The fourth-order valence-corrected chi connectivity index (χ4v) is 3.85. The van der Waals surface area contributed by atoms with Crippen LogP contribution < -0.4 is 16.0 Å². The lowest BCUT2D eigenvalue weighted by atomic mass is 10.1. The second kappa shape index (κ2) is 9.20. The fourth-order valence-electron chi connectivity index (χ4n) is 2.98. The Kier molecular flexibility index (Phi) is 7.25. The molecule has 0 radical (unpaired) electrons. The van der Waals surface area contributed by atoms with Crippen LogP contribution in [0.3, 0.4) is 0 Å². The molecule has 1 aliphatic rings. The summed E-state index contributed by atoms with van der Waals surface area (Å²) in [7, 11) is 1.73. The van der Waals surface area contributed by atoms with Crippen molar-refractivity contribution in [3.8, 4) is 0 Å². The van der Waals surface area contributed by atoms with Crippen molar-refractivity contribution >= 4 is 23.2 Å². The fraction of sp³-hybridized carbons (Fsp3) is 0.667. The molecule has 0 saturated carbocycles. The minimum absolute atomic E-state index is 0.0372. The molecule has 25 heavy (non-hydrogen) atoms. The molecule has 2 heterocycles. The quantitative estimate of drug-likeness (QED) is 0.532. The van der Waals surface area contributed by atoms with Crippen molar-refractivity contribution in [3.63, 3.8) is 0 Å². The Morgan fingerprint density at radius 1 is 1.32 bits per heavy atom. The normalized spacial score (nSPS) is 17.4. The van der Waals surface area contributed by atoms with E-state index in [1.54, 1.807) is 18.4 Å². The molecule has 1 amide bonds. The molecule has 3 N–H and O–H groups in total. The maximum Gasteiger partial charge on any atom is 0.239 e. The van der Waals surface area contributed by atoms with Crippen molar-refractivity contribution in [2.24, 2.45) is 4.99 Å². The van der Waals surface area contributed by atoms with Crippen molar-refractivity contribution in [2.45, 2.75) is 45.2 Å². The Bertz CT molecular complexity index is 559. The lowest BCUT2D eigenvalue weighted by Gasteiger charge is -2.27. The van der Waals surface area contributed by atoms with Gasteiger partial charge < -0.3 is 16.0 Å². The number of guanidine groups is 1. The van der Waals surface area contributed by atoms with Gasteiger partial charge in [0.2, 0.25) is 5.91 Å². The Hall–Kier alpha value is -1.60. The second-order valence-electron chi connectivity index (χ2n) is 7.38. The highest BCUT2D eigenvalue weighted by molar-refractivity contribution is 7.10. The minimum atomic E-state index is -0.226. The number of thiophene rings is 1. The van der Waals surface area contributed by atoms with Crippen LogP contribution in [0.1, 0.15) is 44.5 Å². The number of likely N-dealkylation sites (tertiary alicyclic amines) is 1. The zero-order valence-electron chi connectivity index (χ0n) is 15.8. The molecule has 0 spiro atoms. The molecule has 1 aliphatic heterocycles. The molecule has 140 valence electrons. The number of aliphatic imine (C=N–C) groups is 1. The highest BCUT2D eigenvalue weighted by Crippen LogP contribution is 2.27. The Morgan fingerprint density at radius 2 is 2.04 bits per heavy atom. The lowest BCUT2D eigenvalue weighted by Crippen LogP contribution is -2.49. The first-order chi connectivity index (χ1) is 11.9. The van der Waals surface area contributed by atoms with Crippen LogP contribution >= 0.6 is 11.3 Å². The van der Waals surface area contributed by atoms with Crippen LogP contribution in [-0.4, -0.2) is 55.5 Å². The van der Waals surface area contributed by atoms with Crippen LogP contribution in [0.2, 0.25) is 0 Å². The molecule has 2 rings (SSSR count). The maximum absolute atomic E-state index is 12.0. The van der Waals surface area contributed by atoms with Gasteiger partial charge in [-0.2, -0.15) is 0 Å². The van der Waals surface area contributed by atoms with Gasteiger partial charge in [-0.05, 0) is 58.1 Å². The van der Waals surface area contributed by atoms with Gasteiger partial charge in [0, 0.05) is 24.0 Å². The third-order valence-electron chi connectivity index (χ3n) is 4.07.